The maximum absolute atomic E-state index is 12.4. The van der Waals surface area contributed by atoms with E-state index >= 15 is 0 Å². The fraction of sp³-hybridized carbons (Fsp3) is 0.375. The zero-order chi connectivity index (χ0) is 19.3. The lowest BCUT2D eigenvalue weighted by molar-refractivity contribution is -0.155. The second-order valence-electron chi connectivity index (χ2n) is 6.22. The first-order chi connectivity index (χ1) is 12.3. The SMILES string of the molecule is C[C@@](CO)(C[C@@H](Cc1ccc(Br)cc1)N(O)C(=O)c1c[nH]nn1)C(=O)O. The molecular formula is C16H19BrN4O5. The lowest BCUT2D eigenvalue weighted by atomic mass is 9.82. The molecule has 26 heavy (non-hydrogen) atoms. The molecule has 0 aliphatic rings. The third-order valence-electron chi connectivity index (χ3n) is 4.13. The number of aliphatic hydroxyl groups is 1. The van der Waals surface area contributed by atoms with Crippen molar-refractivity contribution in [1.29, 1.82) is 0 Å². The van der Waals surface area contributed by atoms with Crippen LogP contribution < -0.4 is 0 Å². The number of rotatable bonds is 8. The predicted octanol–water partition coefficient (Wildman–Crippen LogP) is 1.48. The van der Waals surface area contributed by atoms with E-state index in [0.29, 0.717) is 5.06 Å². The number of hydroxylamine groups is 2. The Hall–Kier alpha value is -2.30. The van der Waals surface area contributed by atoms with E-state index in [1.54, 1.807) is 24.3 Å². The van der Waals surface area contributed by atoms with Gasteiger partial charge in [-0.2, -0.15) is 0 Å². The summed E-state index contributed by atoms with van der Waals surface area (Å²) in [5.74, 6) is -2.03. The van der Waals surface area contributed by atoms with Crippen molar-refractivity contribution in [3.63, 3.8) is 0 Å². The summed E-state index contributed by atoms with van der Waals surface area (Å²) < 4.78 is 0.864. The van der Waals surface area contributed by atoms with Crippen LogP contribution in [0.15, 0.2) is 34.9 Å². The Morgan fingerprint density at radius 1 is 1.35 bits per heavy atom. The summed E-state index contributed by atoms with van der Waals surface area (Å²) in [7, 11) is 0. The maximum atomic E-state index is 12.4. The number of aromatic nitrogens is 3. The number of carbonyl (C=O) groups is 2. The van der Waals surface area contributed by atoms with Crippen LogP contribution in [-0.4, -0.2) is 60.4 Å². The summed E-state index contributed by atoms with van der Waals surface area (Å²) >= 11 is 3.33. The van der Waals surface area contributed by atoms with E-state index in [1.165, 1.54) is 13.1 Å². The molecule has 0 bridgehead atoms. The van der Waals surface area contributed by atoms with Crippen LogP contribution in [0.25, 0.3) is 0 Å². The van der Waals surface area contributed by atoms with E-state index in [2.05, 4.69) is 31.3 Å². The van der Waals surface area contributed by atoms with E-state index in [-0.39, 0.29) is 18.5 Å². The van der Waals surface area contributed by atoms with Crippen LogP contribution in [0.5, 0.6) is 0 Å². The minimum absolute atomic E-state index is 0.102. The average Bonchev–Trinajstić information content (AvgIpc) is 3.16. The molecule has 0 aliphatic heterocycles. The normalized spacial score (nSPS) is 14.5. The number of benzene rings is 1. The number of nitrogens with zero attached hydrogens (tertiary/aromatic N) is 3. The molecule has 140 valence electrons. The third kappa shape index (κ3) is 4.65. The van der Waals surface area contributed by atoms with Crippen molar-refractivity contribution >= 4 is 27.8 Å². The number of hydrogen-bond donors (Lipinski definition) is 4. The van der Waals surface area contributed by atoms with Crippen molar-refractivity contribution in [3.05, 3.63) is 46.2 Å². The summed E-state index contributed by atoms with van der Waals surface area (Å²) in [6.45, 7) is 0.726. The van der Waals surface area contributed by atoms with E-state index < -0.39 is 29.9 Å². The molecule has 10 heteroatoms. The van der Waals surface area contributed by atoms with E-state index in [1.807, 2.05) is 0 Å². The first kappa shape index (κ1) is 20.0. The molecule has 1 heterocycles. The van der Waals surface area contributed by atoms with Crippen LogP contribution in [0.3, 0.4) is 0 Å². The molecule has 0 fully saturated rings. The van der Waals surface area contributed by atoms with Crippen molar-refractivity contribution in [2.24, 2.45) is 5.41 Å². The third-order valence-corrected chi connectivity index (χ3v) is 4.65. The van der Waals surface area contributed by atoms with Gasteiger partial charge in [-0.15, -0.1) is 5.10 Å². The number of aliphatic hydroxyl groups excluding tert-OH is 1. The molecule has 1 aromatic carbocycles. The molecule has 2 atom stereocenters. The second-order valence-corrected chi connectivity index (χ2v) is 7.14. The van der Waals surface area contributed by atoms with Crippen molar-refractivity contribution in [1.82, 2.24) is 20.5 Å². The molecule has 0 spiro atoms. The lowest BCUT2D eigenvalue weighted by Crippen LogP contribution is -2.45. The summed E-state index contributed by atoms with van der Waals surface area (Å²) in [6, 6.07) is 6.30. The van der Waals surface area contributed by atoms with Gasteiger partial charge in [0.1, 0.15) is 0 Å². The molecule has 0 aliphatic carbocycles. The number of carboxylic acid groups (broad SMARTS) is 1. The quantitative estimate of drug-likeness (QED) is 0.370. The average molecular weight is 427 g/mol. The van der Waals surface area contributed by atoms with Gasteiger partial charge in [-0.1, -0.05) is 33.3 Å². The number of halogens is 1. The van der Waals surface area contributed by atoms with Gasteiger partial charge < -0.3 is 10.2 Å². The molecule has 9 nitrogen and oxygen atoms in total. The van der Waals surface area contributed by atoms with Crippen molar-refractivity contribution in [2.45, 2.75) is 25.8 Å². The Morgan fingerprint density at radius 3 is 2.50 bits per heavy atom. The van der Waals surface area contributed by atoms with Gasteiger partial charge in [0.2, 0.25) is 0 Å². The zero-order valence-electron chi connectivity index (χ0n) is 14.0. The van der Waals surface area contributed by atoms with E-state index in [4.69, 9.17) is 0 Å². The molecule has 2 aromatic rings. The monoisotopic (exact) mass is 426 g/mol. The first-order valence-electron chi connectivity index (χ1n) is 7.74. The molecule has 1 aromatic heterocycles. The van der Waals surface area contributed by atoms with Gasteiger partial charge in [-0.25, -0.2) is 5.06 Å². The summed E-state index contributed by atoms with van der Waals surface area (Å²) in [5.41, 5.74) is -0.837. The number of aromatic amines is 1. The number of carboxylic acids is 1. The van der Waals surface area contributed by atoms with Gasteiger partial charge >= 0.3 is 5.97 Å². The minimum Gasteiger partial charge on any atom is -0.481 e. The second kappa shape index (κ2) is 8.39. The highest BCUT2D eigenvalue weighted by molar-refractivity contribution is 9.10. The Morgan fingerprint density at radius 2 is 2.00 bits per heavy atom. The number of carbonyl (C=O) groups excluding carboxylic acids is 1. The van der Waals surface area contributed by atoms with Gasteiger partial charge in [0.15, 0.2) is 5.69 Å². The number of hydrogen-bond acceptors (Lipinski definition) is 6. The largest absolute Gasteiger partial charge is 0.481 e. The van der Waals surface area contributed by atoms with Crippen LogP contribution in [0.1, 0.15) is 29.4 Å². The fourth-order valence-corrected chi connectivity index (χ4v) is 2.73. The van der Waals surface area contributed by atoms with Gasteiger partial charge in [-0.3, -0.25) is 19.9 Å². The molecule has 1 amide bonds. The maximum Gasteiger partial charge on any atom is 0.311 e. The van der Waals surface area contributed by atoms with E-state index in [9.17, 15) is 25.0 Å². The minimum atomic E-state index is -1.52. The summed E-state index contributed by atoms with van der Waals surface area (Å²) in [5, 5.41) is 39.2. The summed E-state index contributed by atoms with van der Waals surface area (Å²) in [4.78, 5) is 23.9. The standard InChI is InChI=1S/C16H19BrN4O5/c1-16(9-22,15(24)25)7-12(6-10-2-4-11(17)5-3-10)21(26)14(23)13-8-18-20-19-13/h2-5,8,12,22,26H,6-7,9H2,1H3,(H,24,25)(H,18,19,20)/t12-,16+/m1/s1. The number of amides is 1. The van der Waals surface area contributed by atoms with Crippen LogP contribution in [0.4, 0.5) is 0 Å². The molecule has 0 saturated heterocycles. The molecule has 4 N–H and O–H groups in total. The highest BCUT2D eigenvalue weighted by atomic mass is 79.9. The predicted molar refractivity (Wildman–Crippen MR) is 93.4 cm³/mol. The lowest BCUT2D eigenvalue weighted by Gasteiger charge is -2.32. The number of nitrogens with one attached hydrogen (secondary N) is 1. The Bertz CT molecular complexity index is 753. The first-order valence-corrected chi connectivity index (χ1v) is 8.53. The highest BCUT2D eigenvalue weighted by Crippen LogP contribution is 2.27. The molecule has 2 rings (SSSR count). The highest BCUT2D eigenvalue weighted by Gasteiger charge is 2.38. The smallest absolute Gasteiger partial charge is 0.311 e. The molecule has 0 saturated carbocycles. The van der Waals surface area contributed by atoms with Crippen LogP contribution in [0, 0.1) is 5.41 Å². The Labute approximate surface area is 157 Å². The van der Waals surface area contributed by atoms with Crippen LogP contribution in [-0.2, 0) is 11.2 Å². The molecular weight excluding hydrogens is 408 g/mol. The fourth-order valence-electron chi connectivity index (χ4n) is 2.47. The van der Waals surface area contributed by atoms with Crippen LogP contribution in [0.2, 0.25) is 0 Å². The van der Waals surface area contributed by atoms with Crippen molar-refractivity contribution in [3.8, 4) is 0 Å². The van der Waals surface area contributed by atoms with Gasteiger partial charge in [0.25, 0.3) is 5.91 Å². The van der Waals surface area contributed by atoms with Crippen molar-refractivity contribution in [2.75, 3.05) is 6.61 Å². The van der Waals surface area contributed by atoms with Crippen LogP contribution >= 0.6 is 15.9 Å². The summed E-state index contributed by atoms with van der Waals surface area (Å²) in [6.07, 6.45) is 1.26. The molecule has 0 unspecified atom stereocenters. The Balaban J connectivity index is 2.29. The van der Waals surface area contributed by atoms with Gasteiger partial charge in [0, 0.05) is 4.47 Å². The van der Waals surface area contributed by atoms with Gasteiger partial charge in [0.05, 0.1) is 24.3 Å². The Kier molecular flexibility index (Phi) is 6.46. The van der Waals surface area contributed by atoms with Gasteiger partial charge in [-0.05, 0) is 37.5 Å². The zero-order valence-corrected chi connectivity index (χ0v) is 15.5. The van der Waals surface area contributed by atoms with Crippen molar-refractivity contribution < 1.29 is 25.0 Å². The topological polar surface area (TPSA) is 140 Å². The number of H-pyrrole nitrogens is 1. The molecule has 0 radical (unpaired) electrons. The number of aliphatic carboxylic acids is 1. The van der Waals surface area contributed by atoms with E-state index in [0.717, 1.165) is 10.0 Å².